The van der Waals surface area contributed by atoms with Gasteiger partial charge in [0.05, 0.1) is 11.7 Å². The molecule has 3 aromatic rings. The number of halogens is 1. The predicted octanol–water partition coefficient (Wildman–Crippen LogP) is 2.50. The largest absolute Gasteiger partial charge is 0.333 e. The van der Waals surface area contributed by atoms with E-state index in [0.29, 0.717) is 28.8 Å². The van der Waals surface area contributed by atoms with Crippen LogP contribution in [-0.4, -0.2) is 9.38 Å². The molecule has 0 amide bonds. The van der Waals surface area contributed by atoms with Crippen molar-refractivity contribution >= 4 is 16.9 Å². The molecular formula is C17H16FN3O2S. The summed E-state index contributed by atoms with van der Waals surface area (Å²) in [4.78, 5) is 26.8. The smallest absolute Gasteiger partial charge is 0.326 e. The first-order chi connectivity index (χ1) is 11.5. The minimum atomic E-state index is -0.614. The third-order valence-electron chi connectivity index (χ3n) is 4.61. The Bertz CT molecular complexity index is 1080. The Kier molecular flexibility index (Phi) is 3.43. The number of aromatic nitrogens is 2. The maximum absolute atomic E-state index is 14.8. The lowest BCUT2D eigenvalue weighted by atomic mass is 9.97. The molecule has 0 unspecified atom stereocenters. The molecule has 3 heterocycles. The molecular weight excluding hydrogens is 329 g/mol. The minimum absolute atomic E-state index is 0.137. The highest BCUT2D eigenvalue weighted by atomic mass is 32.1. The number of aromatic amines is 1. The number of hydrogen-bond donors (Lipinski definition) is 2. The first kappa shape index (κ1) is 15.3. The van der Waals surface area contributed by atoms with Crippen molar-refractivity contribution in [2.45, 2.75) is 32.2 Å². The Morgan fingerprint density at radius 3 is 2.79 bits per heavy atom. The lowest BCUT2D eigenvalue weighted by Crippen LogP contribution is -2.30. The van der Waals surface area contributed by atoms with Crippen LogP contribution in [0.4, 0.5) is 4.39 Å². The number of pyridine rings is 1. The summed E-state index contributed by atoms with van der Waals surface area (Å²) in [5.41, 5.74) is 8.49. The average Bonchev–Trinajstić information content (AvgIpc) is 3.26. The van der Waals surface area contributed by atoms with E-state index in [1.165, 1.54) is 21.9 Å². The van der Waals surface area contributed by atoms with Crippen LogP contribution in [0.2, 0.25) is 0 Å². The standard InChI is InChI=1S/C17H16FN3O2S/c1-8-13(11-7-24-6-10(11)4-19)12(18)5-21-15(8)14(9-2-3-9)16(22)20-17(21)23/h5-7,9H,2-4,19H2,1H3,(H,20,22,23). The summed E-state index contributed by atoms with van der Waals surface area (Å²) in [5.74, 6) is -0.359. The number of H-pyrrole nitrogens is 1. The fourth-order valence-electron chi connectivity index (χ4n) is 3.33. The fourth-order valence-corrected chi connectivity index (χ4v) is 4.19. The van der Waals surface area contributed by atoms with Crippen LogP contribution in [0.25, 0.3) is 16.6 Å². The second-order valence-electron chi connectivity index (χ2n) is 6.16. The van der Waals surface area contributed by atoms with Gasteiger partial charge in [-0.2, -0.15) is 11.3 Å². The van der Waals surface area contributed by atoms with E-state index in [0.717, 1.165) is 24.0 Å². The van der Waals surface area contributed by atoms with Gasteiger partial charge < -0.3 is 5.73 Å². The molecule has 7 heteroatoms. The molecule has 3 N–H and O–H groups in total. The van der Waals surface area contributed by atoms with Crippen molar-refractivity contribution in [3.8, 4) is 11.1 Å². The van der Waals surface area contributed by atoms with Crippen molar-refractivity contribution < 1.29 is 4.39 Å². The van der Waals surface area contributed by atoms with Crippen LogP contribution in [0.1, 0.15) is 35.4 Å². The lowest BCUT2D eigenvalue weighted by Gasteiger charge is -2.15. The van der Waals surface area contributed by atoms with Gasteiger partial charge >= 0.3 is 5.69 Å². The molecule has 5 nitrogen and oxygen atoms in total. The number of nitrogens with two attached hydrogens (primary N) is 1. The Labute approximate surface area is 140 Å². The van der Waals surface area contributed by atoms with E-state index in [2.05, 4.69) is 4.98 Å². The maximum Gasteiger partial charge on any atom is 0.333 e. The minimum Gasteiger partial charge on any atom is -0.326 e. The highest BCUT2D eigenvalue weighted by Crippen LogP contribution is 2.42. The van der Waals surface area contributed by atoms with E-state index >= 15 is 0 Å². The van der Waals surface area contributed by atoms with Gasteiger partial charge in [-0.1, -0.05) is 0 Å². The summed E-state index contributed by atoms with van der Waals surface area (Å²) in [5, 5.41) is 3.75. The van der Waals surface area contributed by atoms with Crippen LogP contribution in [-0.2, 0) is 6.54 Å². The molecule has 1 aliphatic carbocycles. The first-order valence-electron chi connectivity index (χ1n) is 7.76. The molecule has 1 saturated carbocycles. The van der Waals surface area contributed by atoms with E-state index in [4.69, 9.17) is 5.73 Å². The van der Waals surface area contributed by atoms with Gasteiger partial charge in [0.2, 0.25) is 0 Å². The van der Waals surface area contributed by atoms with Crippen molar-refractivity contribution in [1.82, 2.24) is 9.38 Å². The Morgan fingerprint density at radius 2 is 2.12 bits per heavy atom. The van der Waals surface area contributed by atoms with Gasteiger partial charge in [-0.25, -0.2) is 9.18 Å². The zero-order valence-corrected chi connectivity index (χ0v) is 13.9. The van der Waals surface area contributed by atoms with Gasteiger partial charge in [0.25, 0.3) is 5.56 Å². The second kappa shape index (κ2) is 5.39. The summed E-state index contributed by atoms with van der Waals surface area (Å²) in [7, 11) is 0. The summed E-state index contributed by atoms with van der Waals surface area (Å²) >= 11 is 1.45. The molecule has 1 aliphatic rings. The number of rotatable bonds is 3. The first-order valence-corrected chi connectivity index (χ1v) is 8.70. The van der Waals surface area contributed by atoms with Gasteiger partial charge in [0.1, 0.15) is 5.82 Å². The maximum atomic E-state index is 14.8. The summed E-state index contributed by atoms with van der Waals surface area (Å²) in [6.45, 7) is 2.07. The fraction of sp³-hybridized carbons (Fsp3) is 0.294. The van der Waals surface area contributed by atoms with E-state index in [9.17, 15) is 14.0 Å². The number of nitrogens with zero attached hydrogens (tertiary/aromatic N) is 1. The van der Waals surface area contributed by atoms with Gasteiger partial charge in [-0.3, -0.25) is 14.2 Å². The molecule has 0 aliphatic heterocycles. The van der Waals surface area contributed by atoms with Crippen LogP contribution in [0.5, 0.6) is 0 Å². The third kappa shape index (κ3) is 2.16. The molecule has 24 heavy (non-hydrogen) atoms. The highest BCUT2D eigenvalue weighted by molar-refractivity contribution is 7.08. The highest BCUT2D eigenvalue weighted by Gasteiger charge is 2.31. The van der Waals surface area contributed by atoms with Crippen molar-refractivity contribution in [1.29, 1.82) is 0 Å². The zero-order chi connectivity index (χ0) is 17.0. The van der Waals surface area contributed by atoms with E-state index in [1.807, 2.05) is 10.8 Å². The van der Waals surface area contributed by atoms with E-state index < -0.39 is 11.5 Å². The van der Waals surface area contributed by atoms with Crippen LogP contribution in [0.15, 0.2) is 26.5 Å². The number of fused-ring (bicyclic) bond motifs is 1. The van der Waals surface area contributed by atoms with Gasteiger partial charge in [-0.15, -0.1) is 0 Å². The monoisotopic (exact) mass is 345 g/mol. The predicted molar refractivity (Wildman–Crippen MR) is 92.2 cm³/mol. The second-order valence-corrected chi connectivity index (χ2v) is 6.90. The number of nitrogens with one attached hydrogen (secondary N) is 1. The molecule has 0 atom stereocenters. The average molecular weight is 345 g/mol. The van der Waals surface area contributed by atoms with Crippen molar-refractivity contribution in [2.24, 2.45) is 5.73 Å². The number of aryl methyl sites for hydroxylation is 1. The molecule has 0 bridgehead atoms. The zero-order valence-electron chi connectivity index (χ0n) is 13.1. The molecule has 124 valence electrons. The third-order valence-corrected chi connectivity index (χ3v) is 5.40. The van der Waals surface area contributed by atoms with Crippen molar-refractivity contribution in [3.05, 3.63) is 60.3 Å². The van der Waals surface area contributed by atoms with Gasteiger partial charge in [-0.05, 0) is 47.6 Å². The van der Waals surface area contributed by atoms with Gasteiger partial charge in [0.15, 0.2) is 0 Å². The van der Waals surface area contributed by atoms with Crippen LogP contribution in [0.3, 0.4) is 0 Å². The molecule has 0 aromatic carbocycles. The normalized spacial score (nSPS) is 14.5. The SMILES string of the molecule is Cc1c(-c2cscc2CN)c(F)cn2c(=O)[nH]c(=O)c(C3CC3)c12. The van der Waals surface area contributed by atoms with Crippen LogP contribution >= 0.6 is 11.3 Å². The van der Waals surface area contributed by atoms with E-state index in [1.54, 1.807) is 6.92 Å². The molecule has 1 fully saturated rings. The summed E-state index contributed by atoms with van der Waals surface area (Å²) in [6.07, 6.45) is 2.99. The molecule has 0 radical (unpaired) electrons. The molecule has 0 saturated heterocycles. The Morgan fingerprint density at radius 1 is 1.38 bits per heavy atom. The molecule has 0 spiro atoms. The summed E-state index contributed by atoms with van der Waals surface area (Å²) in [6, 6.07) is 0. The Balaban J connectivity index is 2.16. The molecule has 4 rings (SSSR count). The summed E-state index contributed by atoms with van der Waals surface area (Å²) < 4.78 is 16.0. The quantitative estimate of drug-likeness (QED) is 0.765. The van der Waals surface area contributed by atoms with Crippen LogP contribution in [0, 0.1) is 12.7 Å². The molecule has 3 aromatic heterocycles. The van der Waals surface area contributed by atoms with Crippen molar-refractivity contribution in [3.63, 3.8) is 0 Å². The number of hydrogen-bond acceptors (Lipinski definition) is 4. The van der Waals surface area contributed by atoms with Crippen molar-refractivity contribution in [2.75, 3.05) is 0 Å². The number of thiophene rings is 1. The van der Waals surface area contributed by atoms with Crippen LogP contribution < -0.4 is 17.0 Å². The topological polar surface area (TPSA) is 80.4 Å². The lowest BCUT2D eigenvalue weighted by molar-refractivity contribution is 0.618. The Hall–Kier alpha value is -2.25. The van der Waals surface area contributed by atoms with Gasteiger partial charge in [0, 0.05) is 23.2 Å². The van der Waals surface area contributed by atoms with E-state index in [-0.39, 0.29) is 11.5 Å².